The minimum absolute atomic E-state index is 0.126. The molecule has 0 aliphatic carbocycles. The van der Waals surface area contributed by atoms with Crippen molar-refractivity contribution in [2.45, 2.75) is 40.3 Å². The van der Waals surface area contributed by atoms with Crippen LogP contribution >= 0.6 is 0 Å². The summed E-state index contributed by atoms with van der Waals surface area (Å²) in [5, 5.41) is 15.7. The summed E-state index contributed by atoms with van der Waals surface area (Å²) in [6.07, 6.45) is 3.53. The topological polar surface area (TPSA) is 77.6 Å². The summed E-state index contributed by atoms with van der Waals surface area (Å²) >= 11 is 0. The van der Waals surface area contributed by atoms with Crippen molar-refractivity contribution in [2.75, 3.05) is 0 Å². The molecule has 158 valence electrons. The van der Waals surface area contributed by atoms with Gasteiger partial charge in [0.05, 0.1) is 17.9 Å². The van der Waals surface area contributed by atoms with Crippen molar-refractivity contribution < 1.29 is 4.79 Å². The molecule has 1 unspecified atom stereocenters. The molecule has 1 N–H and O–H groups in total. The van der Waals surface area contributed by atoms with Gasteiger partial charge in [0, 0.05) is 28.9 Å². The van der Waals surface area contributed by atoms with Gasteiger partial charge >= 0.3 is 0 Å². The quantitative estimate of drug-likeness (QED) is 0.511. The highest BCUT2D eigenvalue weighted by Gasteiger charge is 2.17. The first kappa shape index (κ1) is 20.5. The van der Waals surface area contributed by atoms with E-state index in [1.807, 2.05) is 72.6 Å². The van der Waals surface area contributed by atoms with Crippen LogP contribution in [-0.2, 0) is 6.54 Å². The predicted molar refractivity (Wildman–Crippen MR) is 120 cm³/mol. The molecule has 7 nitrogen and oxygen atoms in total. The minimum Gasteiger partial charge on any atom is -0.345 e. The molecule has 0 aliphatic rings. The molecule has 0 aliphatic heterocycles. The Balaban J connectivity index is 1.48. The Hall–Kier alpha value is -3.74. The van der Waals surface area contributed by atoms with E-state index in [0.717, 1.165) is 34.9 Å². The molecule has 4 rings (SSSR count). The zero-order valence-corrected chi connectivity index (χ0v) is 18.2. The summed E-state index contributed by atoms with van der Waals surface area (Å²) in [5.74, 6) is 0.667. The standard InChI is InChI=1S/C24H26N6O/c1-5-29-15-25-28-23(29)19-8-10-20(11-9-19)24(31)27-17(3)22-14-26-30(18(22)4)21-12-6-16(2)7-13-21/h6-15,17H,5H2,1-4H3,(H,27,31). The molecule has 1 atom stereocenters. The molecule has 0 radical (unpaired) electrons. The number of nitrogens with zero attached hydrogens (tertiary/aromatic N) is 5. The van der Waals surface area contributed by atoms with Crippen molar-refractivity contribution in [2.24, 2.45) is 0 Å². The number of amides is 1. The fraction of sp³-hybridized carbons (Fsp3) is 0.250. The lowest BCUT2D eigenvalue weighted by Gasteiger charge is -2.14. The van der Waals surface area contributed by atoms with Crippen molar-refractivity contribution >= 4 is 5.91 Å². The minimum atomic E-state index is -0.172. The van der Waals surface area contributed by atoms with Crippen LogP contribution in [0.1, 0.15) is 47.1 Å². The number of aryl methyl sites for hydroxylation is 2. The van der Waals surface area contributed by atoms with Gasteiger partial charge in [-0.1, -0.05) is 29.8 Å². The molecule has 2 heterocycles. The van der Waals surface area contributed by atoms with Crippen LogP contribution in [-0.4, -0.2) is 30.5 Å². The van der Waals surface area contributed by atoms with Crippen LogP contribution in [0.25, 0.3) is 17.1 Å². The van der Waals surface area contributed by atoms with Gasteiger partial charge in [0.2, 0.25) is 0 Å². The van der Waals surface area contributed by atoms with Crippen molar-refractivity contribution in [3.63, 3.8) is 0 Å². The molecule has 0 spiro atoms. The average molecular weight is 415 g/mol. The monoisotopic (exact) mass is 414 g/mol. The molecule has 0 bridgehead atoms. The second-order valence-corrected chi connectivity index (χ2v) is 7.65. The van der Waals surface area contributed by atoms with Crippen molar-refractivity contribution in [3.8, 4) is 17.1 Å². The van der Waals surface area contributed by atoms with Gasteiger partial charge in [-0.15, -0.1) is 10.2 Å². The zero-order valence-electron chi connectivity index (χ0n) is 18.2. The Labute approximate surface area is 181 Å². The number of benzene rings is 2. The molecule has 4 aromatic rings. The Bertz CT molecular complexity index is 1190. The molecule has 0 saturated carbocycles. The van der Waals surface area contributed by atoms with Gasteiger partial charge in [0.25, 0.3) is 5.91 Å². The Kier molecular flexibility index (Phi) is 5.66. The Morgan fingerprint density at radius 2 is 1.77 bits per heavy atom. The van der Waals surface area contributed by atoms with Crippen LogP contribution in [0, 0.1) is 13.8 Å². The number of nitrogens with one attached hydrogen (secondary N) is 1. The van der Waals surface area contributed by atoms with E-state index in [0.29, 0.717) is 5.56 Å². The molecule has 0 fully saturated rings. The second kappa shape index (κ2) is 8.55. The maximum absolute atomic E-state index is 12.8. The van der Waals surface area contributed by atoms with Crippen LogP contribution in [0.5, 0.6) is 0 Å². The van der Waals surface area contributed by atoms with Crippen LogP contribution in [0.2, 0.25) is 0 Å². The highest BCUT2D eigenvalue weighted by Crippen LogP contribution is 2.22. The van der Waals surface area contributed by atoms with E-state index < -0.39 is 0 Å². The van der Waals surface area contributed by atoms with E-state index in [1.54, 1.807) is 6.33 Å². The van der Waals surface area contributed by atoms with E-state index in [1.165, 1.54) is 5.56 Å². The third kappa shape index (κ3) is 4.12. The van der Waals surface area contributed by atoms with E-state index in [2.05, 4.69) is 39.7 Å². The second-order valence-electron chi connectivity index (χ2n) is 7.65. The van der Waals surface area contributed by atoms with Gasteiger partial charge in [0.1, 0.15) is 6.33 Å². The van der Waals surface area contributed by atoms with Crippen LogP contribution in [0.3, 0.4) is 0 Å². The summed E-state index contributed by atoms with van der Waals surface area (Å²) in [5.41, 5.74) is 5.73. The van der Waals surface area contributed by atoms with Gasteiger partial charge in [-0.05, 0) is 52.0 Å². The number of hydrogen-bond acceptors (Lipinski definition) is 4. The lowest BCUT2D eigenvalue weighted by atomic mass is 10.1. The number of carbonyl (C=O) groups excluding carboxylic acids is 1. The number of hydrogen-bond donors (Lipinski definition) is 1. The van der Waals surface area contributed by atoms with Gasteiger partial charge in [-0.2, -0.15) is 5.10 Å². The lowest BCUT2D eigenvalue weighted by molar-refractivity contribution is 0.0940. The van der Waals surface area contributed by atoms with E-state index in [4.69, 9.17) is 0 Å². The number of carbonyl (C=O) groups is 1. The van der Waals surface area contributed by atoms with Gasteiger partial charge in [-0.3, -0.25) is 4.79 Å². The van der Waals surface area contributed by atoms with E-state index in [9.17, 15) is 4.79 Å². The summed E-state index contributed by atoms with van der Waals surface area (Å²) in [6.45, 7) is 8.88. The first-order valence-corrected chi connectivity index (χ1v) is 10.4. The normalized spacial score (nSPS) is 12.0. The highest BCUT2D eigenvalue weighted by molar-refractivity contribution is 5.94. The van der Waals surface area contributed by atoms with E-state index in [-0.39, 0.29) is 11.9 Å². The third-order valence-electron chi connectivity index (χ3n) is 5.50. The smallest absolute Gasteiger partial charge is 0.251 e. The molecule has 7 heteroatoms. The zero-order chi connectivity index (χ0) is 22.0. The fourth-order valence-corrected chi connectivity index (χ4v) is 3.63. The SMILES string of the molecule is CCn1cnnc1-c1ccc(C(=O)NC(C)c2cnn(-c3ccc(C)cc3)c2C)cc1. The van der Waals surface area contributed by atoms with Crippen molar-refractivity contribution in [1.29, 1.82) is 0 Å². The Morgan fingerprint density at radius 3 is 2.45 bits per heavy atom. The maximum atomic E-state index is 12.8. The van der Waals surface area contributed by atoms with Crippen LogP contribution in [0.4, 0.5) is 0 Å². The van der Waals surface area contributed by atoms with Gasteiger partial charge < -0.3 is 9.88 Å². The molecular formula is C24H26N6O. The van der Waals surface area contributed by atoms with Crippen LogP contribution < -0.4 is 5.32 Å². The maximum Gasteiger partial charge on any atom is 0.251 e. The molecule has 2 aromatic carbocycles. The largest absolute Gasteiger partial charge is 0.345 e. The first-order chi connectivity index (χ1) is 15.0. The molecule has 0 saturated heterocycles. The summed E-state index contributed by atoms with van der Waals surface area (Å²) in [4.78, 5) is 12.8. The summed E-state index contributed by atoms with van der Waals surface area (Å²) in [7, 11) is 0. The third-order valence-corrected chi connectivity index (χ3v) is 5.50. The van der Waals surface area contributed by atoms with Gasteiger partial charge in [-0.25, -0.2) is 4.68 Å². The molecule has 31 heavy (non-hydrogen) atoms. The van der Waals surface area contributed by atoms with Crippen molar-refractivity contribution in [3.05, 3.63) is 83.4 Å². The lowest BCUT2D eigenvalue weighted by Crippen LogP contribution is -2.26. The predicted octanol–water partition coefficient (Wildman–Crippen LogP) is 4.26. The highest BCUT2D eigenvalue weighted by atomic mass is 16.1. The summed E-state index contributed by atoms with van der Waals surface area (Å²) in [6, 6.07) is 15.5. The average Bonchev–Trinajstić information content (AvgIpc) is 3.41. The first-order valence-electron chi connectivity index (χ1n) is 10.4. The molecule has 1 amide bonds. The fourth-order valence-electron chi connectivity index (χ4n) is 3.63. The molecular weight excluding hydrogens is 388 g/mol. The summed E-state index contributed by atoms with van der Waals surface area (Å²) < 4.78 is 3.86. The molecule has 2 aromatic heterocycles. The Morgan fingerprint density at radius 1 is 1.06 bits per heavy atom. The van der Waals surface area contributed by atoms with Gasteiger partial charge in [0.15, 0.2) is 5.82 Å². The number of aromatic nitrogens is 5. The number of rotatable bonds is 6. The van der Waals surface area contributed by atoms with Crippen molar-refractivity contribution in [1.82, 2.24) is 29.9 Å². The van der Waals surface area contributed by atoms with E-state index >= 15 is 0 Å². The van der Waals surface area contributed by atoms with Crippen LogP contribution in [0.15, 0.2) is 61.1 Å².